The molecule has 0 nitrogen and oxygen atoms in total. The lowest BCUT2D eigenvalue weighted by atomic mass is 9.65. The number of benzene rings is 9. The van der Waals surface area contributed by atoms with E-state index in [2.05, 4.69) is 206 Å². The summed E-state index contributed by atoms with van der Waals surface area (Å²) in [5.74, 6) is 0. The lowest BCUT2D eigenvalue weighted by Gasteiger charge is -2.37. The molecule has 230 valence electrons. The quantitative estimate of drug-likeness (QED) is 0.128. The highest BCUT2D eigenvalue weighted by Gasteiger charge is 2.38. The molecule has 0 radical (unpaired) electrons. The topological polar surface area (TPSA) is 0 Å². The molecule has 9 aromatic carbocycles. The minimum absolute atomic E-state index is 0.447. The summed E-state index contributed by atoms with van der Waals surface area (Å²) in [7, 11) is 0. The smallest absolute Gasteiger partial charge is 0.0622 e. The zero-order chi connectivity index (χ0) is 32.6. The second kappa shape index (κ2) is 12.1. The molecule has 0 heterocycles. The van der Waals surface area contributed by atoms with Gasteiger partial charge in [0.25, 0.3) is 0 Å². The van der Waals surface area contributed by atoms with E-state index in [0.29, 0.717) is 0 Å². The molecule has 0 unspecified atom stereocenters. The standard InChI is InChI=1S/C49H34/c1-4-14-39(15-5-1)49(40-16-6-2-7-17-40,41-18-8-3-9-19-41)42-31-28-36(29-32-42)35-24-26-37(27-25-35)38-30-33-47-45-22-11-10-20-43(45)44-21-12-13-23-46(44)48(47)34-38/h1-34H. The van der Waals surface area contributed by atoms with E-state index >= 15 is 0 Å². The Morgan fingerprint density at radius 2 is 0.490 bits per heavy atom. The van der Waals surface area contributed by atoms with Gasteiger partial charge in [0.05, 0.1) is 5.41 Å². The Balaban J connectivity index is 1.11. The normalized spacial score (nSPS) is 11.7. The monoisotopic (exact) mass is 622 g/mol. The summed E-state index contributed by atoms with van der Waals surface area (Å²) in [5.41, 5.74) is 9.41. The van der Waals surface area contributed by atoms with Gasteiger partial charge in [0.1, 0.15) is 0 Å². The molecule has 0 saturated carbocycles. The minimum atomic E-state index is -0.447. The maximum atomic E-state index is 2.37. The van der Waals surface area contributed by atoms with Crippen molar-refractivity contribution >= 4 is 32.3 Å². The molecule has 0 bridgehead atoms. The van der Waals surface area contributed by atoms with Crippen molar-refractivity contribution in [3.05, 3.63) is 229 Å². The highest BCUT2D eigenvalue weighted by Crippen LogP contribution is 2.45. The summed E-state index contributed by atoms with van der Waals surface area (Å²) in [4.78, 5) is 0. The van der Waals surface area contributed by atoms with Crippen LogP contribution < -0.4 is 0 Å². The Bertz CT molecular complexity index is 2410. The fourth-order valence-corrected chi connectivity index (χ4v) is 7.92. The molecule has 0 aliphatic heterocycles. The Morgan fingerprint density at radius 3 is 0.918 bits per heavy atom. The summed E-state index contributed by atoms with van der Waals surface area (Å²) >= 11 is 0. The molecule has 0 heteroatoms. The van der Waals surface area contributed by atoms with Crippen LogP contribution in [0, 0.1) is 0 Å². The first-order valence-corrected chi connectivity index (χ1v) is 17.0. The Kier molecular flexibility index (Phi) is 7.14. The molecule has 49 heavy (non-hydrogen) atoms. The first kappa shape index (κ1) is 28.9. The number of fused-ring (bicyclic) bond motifs is 6. The molecule has 9 rings (SSSR count). The highest BCUT2D eigenvalue weighted by molar-refractivity contribution is 6.25. The molecule has 0 atom stereocenters. The first-order valence-electron chi connectivity index (χ1n) is 17.0. The van der Waals surface area contributed by atoms with E-state index in [9.17, 15) is 0 Å². The molecule has 0 aliphatic carbocycles. The second-order valence-electron chi connectivity index (χ2n) is 12.9. The average molecular weight is 623 g/mol. The van der Waals surface area contributed by atoms with Crippen LogP contribution >= 0.6 is 0 Å². The predicted molar refractivity (Wildman–Crippen MR) is 208 cm³/mol. The fourth-order valence-electron chi connectivity index (χ4n) is 7.92. The van der Waals surface area contributed by atoms with Crippen LogP contribution in [0.4, 0.5) is 0 Å². The third-order valence-electron chi connectivity index (χ3n) is 10.2. The Hall–Kier alpha value is -6.24. The van der Waals surface area contributed by atoms with Gasteiger partial charge in [-0.05, 0) is 82.9 Å². The highest BCUT2D eigenvalue weighted by atomic mass is 14.4. The molecule has 9 aromatic rings. The van der Waals surface area contributed by atoms with Crippen molar-refractivity contribution in [1.82, 2.24) is 0 Å². The van der Waals surface area contributed by atoms with Gasteiger partial charge >= 0.3 is 0 Å². The zero-order valence-electron chi connectivity index (χ0n) is 27.1. The SMILES string of the molecule is c1ccc(C(c2ccccc2)(c2ccccc2)c2ccc(-c3ccc(-c4ccc5c6ccccc6c6ccccc6c5c4)cc3)cc2)cc1. The third kappa shape index (κ3) is 4.84. The van der Waals surface area contributed by atoms with Crippen LogP contribution in [0.5, 0.6) is 0 Å². The van der Waals surface area contributed by atoms with Crippen molar-refractivity contribution < 1.29 is 0 Å². The van der Waals surface area contributed by atoms with Crippen molar-refractivity contribution in [3.8, 4) is 22.3 Å². The summed E-state index contributed by atoms with van der Waals surface area (Å²) in [6.07, 6.45) is 0. The number of rotatable bonds is 6. The van der Waals surface area contributed by atoms with E-state index in [-0.39, 0.29) is 0 Å². The van der Waals surface area contributed by atoms with Crippen LogP contribution in [-0.4, -0.2) is 0 Å². The molecular formula is C49H34. The lowest BCUT2D eigenvalue weighted by Crippen LogP contribution is -2.30. The van der Waals surface area contributed by atoms with Gasteiger partial charge in [0.15, 0.2) is 0 Å². The summed E-state index contributed by atoms with van der Waals surface area (Å²) in [5, 5.41) is 7.81. The van der Waals surface area contributed by atoms with Crippen molar-refractivity contribution in [1.29, 1.82) is 0 Å². The average Bonchev–Trinajstić information content (AvgIpc) is 3.20. The number of hydrogen-bond donors (Lipinski definition) is 0. The lowest BCUT2D eigenvalue weighted by molar-refractivity contribution is 0.745. The van der Waals surface area contributed by atoms with E-state index in [1.165, 1.54) is 76.8 Å². The summed E-state index contributed by atoms with van der Waals surface area (Å²) < 4.78 is 0. The molecule has 0 aromatic heterocycles. The molecule has 0 N–H and O–H groups in total. The van der Waals surface area contributed by atoms with Crippen LogP contribution in [0.3, 0.4) is 0 Å². The fraction of sp³-hybridized carbons (Fsp3) is 0.0204. The van der Waals surface area contributed by atoms with Crippen molar-refractivity contribution in [2.24, 2.45) is 0 Å². The van der Waals surface area contributed by atoms with Crippen molar-refractivity contribution in [2.75, 3.05) is 0 Å². The Morgan fingerprint density at radius 1 is 0.204 bits per heavy atom. The summed E-state index contributed by atoms with van der Waals surface area (Å²) in [6, 6.07) is 75.4. The van der Waals surface area contributed by atoms with Gasteiger partial charge in [-0.3, -0.25) is 0 Å². The van der Waals surface area contributed by atoms with Gasteiger partial charge < -0.3 is 0 Å². The van der Waals surface area contributed by atoms with Crippen LogP contribution in [-0.2, 0) is 5.41 Å². The maximum absolute atomic E-state index is 2.37. The van der Waals surface area contributed by atoms with Crippen molar-refractivity contribution in [3.63, 3.8) is 0 Å². The molecule has 0 fully saturated rings. The largest absolute Gasteiger partial charge is 0.0701 e. The van der Waals surface area contributed by atoms with Gasteiger partial charge in [-0.1, -0.05) is 200 Å². The van der Waals surface area contributed by atoms with Gasteiger partial charge in [0, 0.05) is 0 Å². The molecule has 0 spiro atoms. The van der Waals surface area contributed by atoms with Crippen LogP contribution in [0.1, 0.15) is 22.3 Å². The first-order chi connectivity index (χ1) is 24.3. The van der Waals surface area contributed by atoms with Gasteiger partial charge in [-0.2, -0.15) is 0 Å². The second-order valence-corrected chi connectivity index (χ2v) is 12.9. The van der Waals surface area contributed by atoms with Gasteiger partial charge in [-0.15, -0.1) is 0 Å². The van der Waals surface area contributed by atoms with E-state index in [4.69, 9.17) is 0 Å². The third-order valence-corrected chi connectivity index (χ3v) is 10.2. The molecule has 0 aliphatic rings. The number of hydrogen-bond acceptors (Lipinski definition) is 0. The van der Waals surface area contributed by atoms with Gasteiger partial charge in [0.2, 0.25) is 0 Å². The van der Waals surface area contributed by atoms with E-state index in [0.717, 1.165) is 0 Å². The van der Waals surface area contributed by atoms with E-state index in [1.807, 2.05) is 0 Å². The van der Waals surface area contributed by atoms with Crippen LogP contribution in [0.15, 0.2) is 206 Å². The van der Waals surface area contributed by atoms with E-state index < -0.39 is 5.41 Å². The molecular weight excluding hydrogens is 589 g/mol. The zero-order valence-corrected chi connectivity index (χ0v) is 27.1. The minimum Gasteiger partial charge on any atom is -0.0622 e. The molecule has 0 amide bonds. The van der Waals surface area contributed by atoms with E-state index in [1.54, 1.807) is 0 Å². The maximum Gasteiger partial charge on any atom is 0.0701 e. The Labute approximate surface area is 287 Å². The summed E-state index contributed by atoms with van der Waals surface area (Å²) in [6.45, 7) is 0. The van der Waals surface area contributed by atoms with Crippen molar-refractivity contribution in [2.45, 2.75) is 5.41 Å². The van der Waals surface area contributed by atoms with Gasteiger partial charge in [-0.25, -0.2) is 0 Å². The molecule has 0 saturated heterocycles. The van der Waals surface area contributed by atoms with Crippen LogP contribution in [0.25, 0.3) is 54.6 Å². The predicted octanol–water partition coefficient (Wildman–Crippen LogP) is 12.9. The van der Waals surface area contributed by atoms with Crippen LogP contribution in [0.2, 0.25) is 0 Å².